The predicted molar refractivity (Wildman–Crippen MR) is 100 cm³/mol. The van der Waals surface area contributed by atoms with Crippen LogP contribution in [0.25, 0.3) is 10.9 Å². The molecule has 0 saturated carbocycles. The summed E-state index contributed by atoms with van der Waals surface area (Å²) < 4.78 is 19.9. The molecule has 0 N–H and O–H groups in total. The van der Waals surface area contributed by atoms with Crippen molar-refractivity contribution in [3.05, 3.63) is 69.5 Å². The number of nitrogens with zero attached hydrogens (tertiary/aromatic N) is 3. The molecule has 0 aliphatic rings. The molecule has 0 aliphatic carbocycles. The number of hydrogen-bond acceptors (Lipinski definition) is 4. The molecule has 1 aromatic heterocycles. The quantitative estimate of drug-likeness (QED) is 0.673. The zero-order valence-electron chi connectivity index (χ0n) is 14.8. The Morgan fingerprint density at radius 3 is 2.78 bits per heavy atom. The molecule has 3 aromatic rings. The third-order valence-corrected chi connectivity index (χ3v) is 4.39. The average molecular weight is 390 g/mol. The summed E-state index contributed by atoms with van der Waals surface area (Å²) in [6, 6.07) is 9.28. The molecule has 3 rings (SSSR count). The Labute approximate surface area is 159 Å². The van der Waals surface area contributed by atoms with E-state index in [1.54, 1.807) is 31.3 Å². The summed E-state index contributed by atoms with van der Waals surface area (Å²) in [5.74, 6) is -0.658. The van der Waals surface area contributed by atoms with E-state index >= 15 is 0 Å². The van der Waals surface area contributed by atoms with Crippen LogP contribution in [-0.4, -0.2) is 34.5 Å². The van der Waals surface area contributed by atoms with Crippen molar-refractivity contribution in [1.82, 2.24) is 14.5 Å². The topological polar surface area (TPSA) is 64.4 Å². The van der Waals surface area contributed by atoms with Gasteiger partial charge in [0, 0.05) is 18.6 Å². The number of aromatic nitrogens is 2. The minimum atomic E-state index is -0.496. The number of amides is 1. The first-order valence-electron chi connectivity index (χ1n) is 8.10. The molecule has 6 nitrogen and oxygen atoms in total. The van der Waals surface area contributed by atoms with Crippen LogP contribution in [0.1, 0.15) is 5.56 Å². The number of methoxy groups -OCH3 is 1. The normalized spacial score (nSPS) is 10.8. The number of fused-ring (bicyclic) bond motifs is 1. The Bertz CT molecular complexity index is 1070. The van der Waals surface area contributed by atoms with Gasteiger partial charge < -0.3 is 9.64 Å². The molecule has 8 heteroatoms. The molecule has 0 aliphatic heterocycles. The predicted octanol–water partition coefficient (Wildman–Crippen LogP) is 2.86. The lowest BCUT2D eigenvalue weighted by molar-refractivity contribution is -0.131. The number of rotatable bonds is 5. The Hall–Kier alpha value is -2.93. The van der Waals surface area contributed by atoms with Crippen LogP contribution >= 0.6 is 11.6 Å². The van der Waals surface area contributed by atoms with Gasteiger partial charge in [0.05, 0.1) is 24.3 Å². The maximum Gasteiger partial charge on any atom is 0.261 e. The summed E-state index contributed by atoms with van der Waals surface area (Å²) in [4.78, 5) is 30.6. The Morgan fingerprint density at radius 1 is 1.30 bits per heavy atom. The van der Waals surface area contributed by atoms with Crippen molar-refractivity contribution in [2.75, 3.05) is 14.2 Å². The van der Waals surface area contributed by atoms with E-state index in [9.17, 15) is 14.0 Å². The SMILES string of the molecule is COc1ccc(CN(C)C(=O)Cn2cnc3cc(Cl)ccc3c2=O)cc1F. The first-order chi connectivity index (χ1) is 12.9. The van der Waals surface area contributed by atoms with Crippen LogP contribution in [0.15, 0.2) is 47.5 Å². The molecule has 0 saturated heterocycles. The van der Waals surface area contributed by atoms with E-state index < -0.39 is 5.82 Å². The summed E-state index contributed by atoms with van der Waals surface area (Å²) in [5, 5.41) is 0.865. The zero-order chi connectivity index (χ0) is 19.6. The smallest absolute Gasteiger partial charge is 0.261 e. The largest absolute Gasteiger partial charge is 0.494 e. The number of carbonyl (C=O) groups is 1. The fourth-order valence-electron chi connectivity index (χ4n) is 2.68. The highest BCUT2D eigenvalue weighted by Crippen LogP contribution is 2.18. The molecule has 0 radical (unpaired) electrons. The summed E-state index contributed by atoms with van der Waals surface area (Å²) in [6.45, 7) is 0.0324. The van der Waals surface area contributed by atoms with Gasteiger partial charge >= 0.3 is 0 Å². The fraction of sp³-hybridized carbons (Fsp3) is 0.211. The summed E-state index contributed by atoms with van der Waals surface area (Å²) in [5.41, 5.74) is 0.759. The summed E-state index contributed by atoms with van der Waals surface area (Å²) in [7, 11) is 2.97. The lowest BCUT2D eigenvalue weighted by Gasteiger charge is -2.18. The highest BCUT2D eigenvalue weighted by molar-refractivity contribution is 6.31. The number of ether oxygens (including phenoxy) is 1. The van der Waals surface area contributed by atoms with Gasteiger partial charge in [-0.3, -0.25) is 14.2 Å². The van der Waals surface area contributed by atoms with Gasteiger partial charge in [0.2, 0.25) is 5.91 Å². The lowest BCUT2D eigenvalue weighted by atomic mass is 10.2. The van der Waals surface area contributed by atoms with Crippen LogP contribution in [0.3, 0.4) is 0 Å². The van der Waals surface area contributed by atoms with Crippen molar-refractivity contribution >= 4 is 28.4 Å². The monoisotopic (exact) mass is 389 g/mol. The molecule has 0 atom stereocenters. The van der Waals surface area contributed by atoms with Crippen molar-refractivity contribution < 1.29 is 13.9 Å². The Morgan fingerprint density at radius 2 is 2.07 bits per heavy atom. The highest BCUT2D eigenvalue weighted by Gasteiger charge is 2.14. The molecule has 1 heterocycles. The standard InChI is InChI=1S/C19H17ClFN3O3/c1-23(9-12-3-6-17(27-2)15(21)7-12)18(25)10-24-11-22-16-8-13(20)4-5-14(16)19(24)26/h3-8,11H,9-10H2,1-2H3. The van der Waals surface area contributed by atoms with Crippen LogP contribution in [0.2, 0.25) is 5.02 Å². The van der Waals surface area contributed by atoms with Crippen LogP contribution in [0, 0.1) is 5.82 Å². The maximum atomic E-state index is 13.8. The van der Waals surface area contributed by atoms with Gasteiger partial charge in [-0.2, -0.15) is 0 Å². The summed E-state index contributed by atoms with van der Waals surface area (Å²) in [6.07, 6.45) is 1.32. The van der Waals surface area contributed by atoms with Crippen LogP contribution < -0.4 is 10.3 Å². The minimum absolute atomic E-state index is 0.140. The lowest BCUT2D eigenvalue weighted by Crippen LogP contribution is -2.33. The molecule has 0 spiro atoms. The number of hydrogen-bond donors (Lipinski definition) is 0. The minimum Gasteiger partial charge on any atom is -0.494 e. The van der Waals surface area contributed by atoms with Crippen molar-refractivity contribution in [2.24, 2.45) is 0 Å². The second-order valence-corrected chi connectivity index (χ2v) is 6.49. The molecular weight excluding hydrogens is 373 g/mol. The van der Waals surface area contributed by atoms with Gasteiger partial charge in [0.15, 0.2) is 11.6 Å². The van der Waals surface area contributed by atoms with Gasteiger partial charge in [-0.15, -0.1) is 0 Å². The van der Waals surface area contributed by atoms with Gasteiger partial charge in [-0.05, 0) is 35.9 Å². The van der Waals surface area contributed by atoms with Gasteiger partial charge in [-0.25, -0.2) is 9.37 Å². The van der Waals surface area contributed by atoms with Crippen LogP contribution in [-0.2, 0) is 17.9 Å². The molecule has 2 aromatic carbocycles. The maximum absolute atomic E-state index is 13.8. The van der Waals surface area contributed by atoms with Crippen molar-refractivity contribution in [3.63, 3.8) is 0 Å². The molecule has 140 valence electrons. The van der Waals surface area contributed by atoms with Gasteiger partial charge in [0.1, 0.15) is 6.54 Å². The first-order valence-corrected chi connectivity index (χ1v) is 8.48. The molecule has 0 fully saturated rings. The zero-order valence-corrected chi connectivity index (χ0v) is 15.5. The van der Waals surface area contributed by atoms with E-state index in [1.165, 1.54) is 35.0 Å². The molecular formula is C19H17ClFN3O3. The van der Waals surface area contributed by atoms with E-state index in [4.69, 9.17) is 16.3 Å². The molecule has 0 unspecified atom stereocenters. The van der Waals surface area contributed by atoms with Crippen molar-refractivity contribution in [2.45, 2.75) is 13.1 Å². The number of halogens is 2. The average Bonchev–Trinajstić information content (AvgIpc) is 2.64. The number of likely N-dealkylation sites (N-methyl/N-ethyl adjacent to an activating group) is 1. The highest BCUT2D eigenvalue weighted by atomic mass is 35.5. The summed E-state index contributed by atoms with van der Waals surface area (Å²) >= 11 is 5.90. The fourth-order valence-corrected chi connectivity index (χ4v) is 2.85. The third kappa shape index (κ3) is 4.09. The van der Waals surface area contributed by atoms with E-state index in [2.05, 4.69) is 4.98 Å². The van der Waals surface area contributed by atoms with Crippen LogP contribution in [0.5, 0.6) is 5.75 Å². The first kappa shape index (κ1) is 18.8. The Balaban J connectivity index is 1.75. The van der Waals surface area contributed by atoms with Crippen molar-refractivity contribution in [1.29, 1.82) is 0 Å². The van der Waals surface area contributed by atoms with Gasteiger partial charge in [0.25, 0.3) is 5.56 Å². The van der Waals surface area contributed by atoms with E-state index in [1.807, 2.05) is 0 Å². The molecule has 0 bridgehead atoms. The molecule has 1 amide bonds. The number of carbonyl (C=O) groups excluding carboxylic acids is 1. The second kappa shape index (κ2) is 7.75. The van der Waals surface area contributed by atoms with E-state index in [0.29, 0.717) is 21.5 Å². The van der Waals surface area contributed by atoms with Crippen molar-refractivity contribution in [3.8, 4) is 5.75 Å². The van der Waals surface area contributed by atoms with Crippen LogP contribution in [0.4, 0.5) is 4.39 Å². The number of benzene rings is 2. The van der Waals surface area contributed by atoms with E-state index in [0.717, 1.165) is 0 Å². The third-order valence-electron chi connectivity index (χ3n) is 4.15. The van der Waals surface area contributed by atoms with Gasteiger partial charge in [-0.1, -0.05) is 17.7 Å². The second-order valence-electron chi connectivity index (χ2n) is 6.06. The van der Waals surface area contributed by atoms with E-state index in [-0.39, 0.29) is 30.3 Å². The Kier molecular flexibility index (Phi) is 5.41. The molecule has 27 heavy (non-hydrogen) atoms.